The predicted molar refractivity (Wildman–Crippen MR) is 73.3 cm³/mol. The van der Waals surface area contributed by atoms with Gasteiger partial charge in [0.25, 0.3) is 0 Å². The zero-order valence-electron chi connectivity index (χ0n) is 12.2. The Kier molecular flexibility index (Phi) is 4.22. The molecule has 114 valence electrons. The maximum Gasteiger partial charge on any atom is 0.319 e. The van der Waals surface area contributed by atoms with Gasteiger partial charge in [-0.2, -0.15) is 0 Å². The van der Waals surface area contributed by atoms with Gasteiger partial charge in [-0.1, -0.05) is 19.8 Å². The van der Waals surface area contributed by atoms with Gasteiger partial charge in [-0.05, 0) is 12.8 Å². The van der Waals surface area contributed by atoms with Crippen molar-refractivity contribution < 1.29 is 19.8 Å². The Morgan fingerprint density at radius 2 is 1.90 bits per heavy atom. The van der Waals surface area contributed by atoms with Crippen LogP contribution >= 0.6 is 0 Å². The number of amides is 2. The molecule has 2 fully saturated rings. The summed E-state index contributed by atoms with van der Waals surface area (Å²) < 4.78 is 0. The van der Waals surface area contributed by atoms with E-state index < -0.39 is 17.5 Å². The molecule has 1 atom stereocenters. The number of hydrogen-bond acceptors (Lipinski definition) is 3. The van der Waals surface area contributed by atoms with Crippen LogP contribution in [0.5, 0.6) is 0 Å². The summed E-state index contributed by atoms with van der Waals surface area (Å²) in [6, 6.07) is -0.112. The zero-order chi connectivity index (χ0) is 14.9. The van der Waals surface area contributed by atoms with Crippen LogP contribution in [0.25, 0.3) is 0 Å². The summed E-state index contributed by atoms with van der Waals surface area (Å²) in [5.74, 6) is -1.18. The number of aliphatic hydroxyl groups is 1. The molecular weight excluding hydrogens is 260 g/mol. The van der Waals surface area contributed by atoms with Crippen molar-refractivity contribution in [3.63, 3.8) is 0 Å². The van der Waals surface area contributed by atoms with Gasteiger partial charge in [0.05, 0.1) is 18.1 Å². The lowest BCUT2D eigenvalue weighted by molar-refractivity contribution is -0.144. The second-order valence-electron chi connectivity index (χ2n) is 6.36. The van der Waals surface area contributed by atoms with Crippen molar-refractivity contribution in [3.8, 4) is 0 Å². The Balaban J connectivity index is 1.80. The molecule has 2 rings (SSSR count). The molecule has 2 aliphatic rings. The number of rotatable bonds is 4. The molecule has 0 bridgehead atoms. The maximum absolute atomic E-state index is 12.2. The highest BCUT2D eigenvalue weighted by Crippen LogP contribution is 2.31. The molecule has 1 aliphatic carbocycles. The molecular formula is C14H24N2O4. The summed E-state index contributed by atoms with van der Waals surface area (Å²) in [5.41, 5.74) is -0.733. The van der Waals surface area contributed by atoms with Crippen LogP contribution in [0.3, 0.4) is 0 Å². The number of hydrogen-bond donors (Lipinski definition) is 2. The van der Waals surface area contributed by atoms with E-state index in [2.05, 4.69) is 0 Å². The van der Waals surface area contributed by atoms with Gasteiger partial charge in [-0.15, -0.1) is 0 Å². The lowest BCUT2D eigenvalue weighted by Gasteiger charge is -2.43. The van der Waals surface area contributed by atoms with Crippen molar-refractivity contribution in [2.45, 2.75) is 38.2 Å². The van der Waals surface area contributed by atoms with Gasteiger partial charge in [0, 0.05) is 26.1 Å². The van der Waals surface area contributed by atoms with Crippen molar-refractivity contribution in [2.75, 3.05) is 26.7 Å². The fraction of sp³-hybridized carbons (Fsp3) is 0.857. The van der Waals surface area contributed by atoms with Gasteiger partial charge >= 0.3 is 12.0 Å². The summed E-state index contributed by atoms with van der Waals surface area (Å²) in [4.78, 5) is 26.3. The lowest BCUT2D eigenvalue weighted by Crippen LogP contribution is -2.58. The maximum atomic E-state index is 12.2. The SMILES string of the molecule is CC(C(=O)O)C1CN(C(=O)N(C)CC2(O)CCCC2)C1. The number of likely N-dealkylation sites (N-methyl/N-ethyl adjacent to an activating group) is 1. The van der Waals surface area contributed by atoms with Crippen LogP contribution in [0.15, 0.2) is 0 Å². The standard InChI is InChI=1S/C14H24N2O4/c1-10(12(17)18)11-7-16(8-11)13(19)15(2)9-14(20)5-3-4-6-14/h10-11,20H,3-9H2,1-2H3,(H,17,18). The van der Waals surface area contributed by atoms with Gasteiger partial charge in [-0.3, -0.25) is 4.79 Å². The molecule has 0 aromatic rings. The minimum Gasteiger partial charge on any atom is -0.481 e. The number of aliphatic carboxylic acids is 1. The molecule has 1 saturated carbocycles. The summed E-state index contributed by atoms with van der Waals surface area (Å²) in [6.45, 7) is 3.03. The van der Waals surface area contributed by atoms with Crippen molar-refractivity contribution in [1.82, 2.24) is 9.80 Å². The highest BCUT2D eigenvalue weighted by Gasteiger charge is 2.40. The largest absolute Gasteiger partial charge is 0.481 e. The van der Waals surface area contributed by atoms with E-state index in [1.54, 1.807) is 23.8 Å². The van der Waals surface area contributed by atoms with Crippen LogP contribution in [0.4, 0.5) is 4.79 Å². The molecule has 20 heavy (non-hydrogen) atoms. The topological polar surface area (TPSA) is 81.1 Å². The highest BCUT2D eigenvalue weighted by atomic mass is 16.4. The quantitative estimate of drug-likeness (QED) is 0.807. The predicted octanol–water partition coefficient (Wildman–Crippen LogP) is 0.996. The Morgan fingerprint density at radius 3 is 2.40 bits per heavy atom. The third kappa shape index (κ3) is 3.06. The highest BCUT2D eigenvalue weighted by molar-refractivity contribution is 5.76. The van der Waals surface area contributed by atoms with Crippen molar-refractivity contribution in [3.05, 3.63) is 0 Å². The Labute approximate surface area is 119 Å². The summed E-state index contributed by atoms with van der Waals surface area (Å²) in [6.07, 6.45) is 3.54. The van der Waals surface area contributed by atoms with Gasteiger partial charge in [-0.25, -0.2) is 4.79 Å². The first-order valence-electron chi connectivity index (χ1n) is 7.28. The minimum absolute atomic E-state index is 0.0411. The minimum atomic E-state index is -0.810. The van der Waals surface area contributed by atoms with Crippen LogP contribution in [0.2, 0.25) is 0 Å². The van der Waals surface area contributed by atoms with Crippen LogP contribution in [0.1, 0.15) is 32.6 Å². The summed E-state index contributed by atoms with van der Waals surface area (Å²) in [5, 5.41) is 19.2. The molecule has 2 N–H and O–H groups in total. The Bertz CT molecular complexity index is 387. The van der Waals surface area contributed by atoms with Crippen LogP contribution in [0, 0.1) is 11.8 Å². The second kappa shape index (κ2) is 5.60. The number of likely N-dealkylation sites (tertiary alicyclic amines) is 1. The number of carboxylic acid groups (broad SMARTS) is 1. The van der Waals surface area contributed by atoms with Crippen LogP contribution in [-0.4, -0.2) is 64.3 Å². The van der Waals surface area contributed by atoms with Gasteiger partial charge in [0.2, 0.25) is 0 Å². The zero-order valence-corrected chi connectivity index (χ0v) is 12.2. The van der Waals surface area contributed by atoms with Crippen molar-refractivity contribution >= 4 is 12.0 Å². The fourth-order valence-electron chi connectivity index (χ4n) is 3.13. The monoisotopic (exact) mass is 284 g/mol. The van der Waals surface area contributed by atoms with Crippen molar-refractivity contribution in [2.24, 2.45) is 11.8 Å². The second-order valence-corrected chi connectivity index (χ2v) is 6.36. The van der Waals surface area contributed by atoms with E-state index in [0.717, 1.165) is 25.7 Å². The number of carbonyl (C=O) groups is 2. The molecule has 6 nitrogen and oxygen atoms in total. The van der Waals surface area contributed by atoms with Crippen molar-refractivity contribution in [1.29, 1.82) is 0 Å². The first kappa shape index (κ1) is 15.1. The Hall–Kier alpha value is -1.30. The normalized spacial score (nSPS) is 23.2. The van der Waals surface area contributed by atoms with Gasteiger partial charge < -0.3 is 20.0 Å². The average molecular weight is 284 g/mol. The smallest absolute Gasteiger partial charge is 0.319 e. The van der Waals surface area contributed by atoms with E-state index in [4.69, 9.17) is 5.11 Å². The first-order valence-corrected chi connectivity index (χ1v) is 7.28. The number of carbonyl (C=O) groups excluding carboxylic acids is 1. The summed E-state index contributed by atoms with van der Waals surface area (Å²) >= 11 is 0. The van der Waals surface area contributed by atoms with E-state index in [0.29, 0.717) is 19.6 Å². The molecule has 1 saturated heterocycles. The van der Waals surface area contributed by atoms with E-state index in [9.17, 15) is 14.7 Å². The van der Waals surface area contributed by atoms with Gasteiger partial charge in [0.15, 0.2) is 0 Å². The number of urea groups is 1. The number of carboxylic acids is 1. The van der Waals surface area contributed by atoms with Crippen LogP contribution in [-0.2, 0) is 4.79 Å². The number of nitrogens with zero attached hydrogens (tertiary/aromatic N) is 2. The first-order chi connectivity index (χ1) is 9.32. The lowest BCUT2D eigenvalue weighted by atomic mass is 9.87. The molecule has 0 spiro atoms. The Morgan fingerprint density at radius 1 is 1.35 bits per heavy atom. The van der Waals surface area contributed by atoms with E-state index in [-0.39, 0.29) is 11.9 Å². The molecule has 0 aromatic heterocycles. The molecule has 1 unspecified atom stereocenters. The molecule has 1 heterocycles. The molecule has 1 aliphatic heterocycles. The molecule has 2 amide bonds. The van der Waals surface area contributed by atoms with E-state index in [1.165, 1.54) is 0 Å². The molecule has 6 heteroatoms. The third-order valence-electron chi connectivity index (χ3n) is 4.67. The third-order valence-corrected chi connectivity index (χ3v) is 4.67. The fourth-order valence-corrected chi connectivity index (χ4v) is 3.13. The summed E-state index contributed by atoms with van der Waals surface area (Å²) in [7, 11) is 1.70. The van der Waals surface area contributed by atoms with E-state index in [1.807, 2.05) is 0 Å². The molecule has 0 aromatic carbocycles. The van der Waals surface area contributed by atoms with Gasteiger partial charge in [0.1, 0.15) is 0 Å². The van der Waals surface area contributed by atoms with Crippen LogP contribution < -0.4 is 0 Å². The average Bonchev–Trinajstić information content (AvgIpc) is 2.73. The molecule has 0 radical (unpaired) electrons. The van der Waals surface area contributed by atoms with E-state index >= 15 is 0 Å².